The molecule has 72 valence electrons. The average molecular weight is 184 g/mol. The van der Waals surface area contributed by atoms with Gasteiger partial charge in [0.15, 0.2) is 0 Å². The first kappa shape index (κ1) is 9.73. The van der Waals surface area contributed by atoms with Gasteiger partial charge in [-0.3, -0.25) is 4.79 Å². The quantitative estimate of drug-likeness (QED) is 0.674. The molecule has 1 aromatic heterocycles. The molecule has 0 aromatic carbocycles. The number of H-pyrrole nitrogens is 1. The zero-order chi connectivity index (χ0) is 9.68. The largest absolute Gasteiger partial charge is 0.475 e. The first-order valence-electron chi connectivity index (χ1n) is 3.92. The normalized spacial score (nSPS) is 10.0. The van der Waals surface area contributed by atoms with Crippen LogP contribution in [0, 0.1) is 6.92 Å². The number of hydrogen-bond acceptors (Lipinski definition) is 4. The highest BCUT2D eigenvalue weighted by Gasteiger charge is 1.97. The third-order valence-electron chi connectivity index (χ3n) is 1.37. The van der Waals surface area contributed by atoms with Gasteiger partial charge in [0.1, 0.15) is 12.4 Å². The summed E-state index contributed by atoms with van der Waals surface area (Å²) in [4.78, 5) is 17.4. The van der Waals surface area contributed by atoms with E-state index in [1.165, 1.54) is 6.07 Å². The highest BCUT2D eigenvalue weighted by molar-refractivity contribution is 5.07. The van der Waals surface area contributed by atoms with Crippen molar-refractivity contribution >= 4 is 0 Å². The maximum absolute atomic E-state index is 10.9. The number of aromatic nitrogens is 2. The lowest BCUT2D eigenvalue weighted by atomic mass is 10.5. The van der Waals surface area contributed by atoms with Crippen LogP contribution in [-0.4, -0.2) is 30.3 Å². The molecule has 0 unspecified atom stereocenters. The van der Waals surface area contributed by atoms with Gasteiger partial charge >= 0.3 is 0 Å². The van der Waals surface area contributed by atoms with Crippen LogP contribution in [-0.2, 0) is 4.74 Å². The number of hydrogen-bond donors (Lipinski definition) is 1. The minimum Gasteiger partial charge on any atom is -0.475 e. The zero-order valence-corrected chi connectivity index (χ0v) is 7.66. The van der Waals surface area contributed by atoms with Gasteiger partial charge in [-0.25, -0.2) is 4.98 Å². The summed E-state index contributed by atoms with van der Waals surface area (Å²) in [6.07, 6.45) is 0. The van der Waals surface area contributed by atoms with Gasteiger partial charge in [-0.2, -0.15) is 0 Å². The maximum Gasteiger partial charge on any atom is 0.254 e. The first-order valence-corrected chi connectivity index (χ1v) is 3.92. The Bertz CT molecular complexity index is 321. The fourth-order valence-corrected chi connectivity index (χ4v) is 0.856. The van der Waals surface area contributed by atoms with Crippen molar-refractivity contribution < 1.29 is 9.47 Å². The second-order valence-electron chi connectivity index (χ2n) is 2.51. The van der Waals surface area contributed by atoms with Crippen LogP contribution < -0.4 is 10.3 Å². The number of rotatable bonds is 4. The van der Waals surface area contributed by atoms with Gasteiger partial charge in [0, 0.05) is 7.11 Å². The van der Waals surface area contributed by atoms with Crippen molar-refractivity contribution in [3.05, 3.63) is 22.2 Å². The molecule has 0 fully saturated rings. The van der Waals surface area contributed by atoms with E-state index in [0.717, 1.165) is 0 Å². The van der Waals surface area contributed by atoms with Crippen LogP contribution in [0.3, 0.4) is 0 Å². The summed E-state index contributed by atoms with van der Waals surface area (Å²) in [5.41, 5.74) is -0.208. The lowest BCUT2D eigenvalue weighted by Gasteiger charge is -2.03. The van der Waals surface area contributed by atoms with E-state index in [0.29, 0.717) is 24.9 Å². The molecule has 0 bridgehead atoms. The van der Waals surface area contributed by atoms with E-state index in [-0.39, 0.29) is 5.56 Å². The molecule has 1 aromatic rings. The highest BCUT2D eigenvalue weighted by atomic mass is 16.5. The van der Waals surface area contributed by atoms with E-state index in [4.69, 9.17) is 9.47 Å². The van der Waals surface area contributed by atoms with Gasteiger partial charge in [0.25, 0.3) is 5.56 Å². The van der Waals surface area contributed by atoms with Crippen molar-refractivity contribution in [2.75, 3.05) is 20.3 Å². The molecule has 0 saturated heterocycles. The molecule has 0 amide bonds. The first-order chi connectivity index (χ1) is 6.22. The van der Waals surface area contributed by atoms with Gasteiger partial charge in [-0.05, 0) is 6.92 Å². The molecule has 0 aliphatic rings. The Morgan fingerprint density at radius 1 is 1.54 bits per heavy atom. The predicted molar refractivity (Wildman–Crippen MR) is 47.0 cm³/mol. The van der Waals surface area contributed by atoms with E-state index in [9.17, 15) is 4.79 Å². The molecule has 5 nitrogen and oxygen atoms in total. The molecule has 0 radical (unpaired) electrons. The molecule has 1 N–H and O–H groups in total. The summed E-state index contributed by atoms with van der Waals surface area (Å²) in [7, 11) is 1.58. The molecule has 1 heterocycles. The summed E-state index contributed by atoms with van der Waals surface area (Å²) in [6.45, 7) is 2.57. The van der Waals surface area contributed by atoms with Gasteiger partial charge in [0.05, 0.1) is 12.7 Å². The van der Waals surface area contributed by atoms with E-state index in [1.54, 1.807) is 14.0 Å². The minimum absolute atomic E-state index is 0.208. The van der Waals surface area contributed by atoms with Crippen molar-refractivity contribution in [3.8, 4) is 5.88 Å². The SMILES string of the molecule is COCCOc1cc(=O)[nH]c(C)n1. The van der Waals surface area contributed by atoms with Gasteiger partial charge in [-0.15, -0.1) is 0 Å². The molecule has 0 aliphatic carbocycles. The molecule has 5 heteroatoms. The molecular formula is C8H12N2O3. The lowest BCUT2D eigenvalue weighted by Crippen LogP contribution is -2.12. The number of nitrogens with one attached hydrogen (secondary N) is 1. The van der Waals surface area contributed by atoms with Crippen molar-refractivity contribution in [2.45, 2.75) is 6.92 Å². The number of aromatic amines is 1. The van der Waals surface area contributed by atoms with Gasteiger partial charge < -0.3 is 14.5 Å². The van der Waals surface area contributed by atoms with Crippen LogP contribution in [0.1, 0.15) is 5.82 Å². The molecule has 0 saturated carbocycles. The molecule has 0 aliphatic heterocycles. The predicted octanol–water partition coefficient (Wildman–Crippen LogP) is 0.104. The topological polar surface area (TPSA) is 64.2 Å². The van der Waals surface area contributed by atoms with Crippen LogP contribution in [0.25, 0.3) is 0 Å². The number of aryl methyl sites for hydroxylation is 1. The summed E-state index contributed by atoms with van der Waals surface area (Å²) < 4.78 is 9.94. The molecule has 1 rings (SSSR count). The maximum atomic E-state index is 10.9. The zero-order valence-electron chi connectivity index (χ0n) is 7.66. The Balaban J connectivity index is 2.61. The van der Waals surface area contributed by atoms with Crippen LogP contribution in [0.4, 0.5) is 0 Å². The van der Waals surface area contributed by atoms with Gasteiger partial charge in [0.2, 0.25) is 5.88 Å². The Morgan fingerprint density at radius 2 is 2.31 bits per heavy atom. The van der Waals surface area contributed by atoms with Crippen molar-refractivity contribution in [1.82, 2.24) is 9.97 Å². The third-order valence-corrected chi connectivity index (χ3v) is 1.37. The third kappa shape index (κ3) is 3.25. The Labute approximate surface area is 75.7 Å². The van der Waals surface area contributed by atoms with Crippen LogP contribution in [0.5, 0.6) is 5.88 Å². The average Bonchev–Trinajstić information content (AvgIpc) is 2.03. The van der Waals surface area contributed by atoms with Gasteiger partial charge in [-0.1, -0.05) is 0 Å². The molecule has 0 atom stereocenters. The fraction of sp³-hybridized carbons (Fsp3) is 0.500. The number of methoxy groups -OCH3 is 1. The van der Waals surface area contributed by atoms with Crippen LogP contribution in [0.2, 0.25) is 0 Å². The Kier molecular flexibility index (Phi) is 3.45. The van der Waals surface area contributed by atoms with Crippen LogP contribution in [0.15, 0.2) is 10.9 Å². The Hall–Kier alpha value is -1.36. The number of ether oxygens (including phenoxy) is 2. The fourth-order valence-electron chi connectivity index (χ4n) is 0.856. The standard InChI is InChI=1S/C8H12N2O3/c1-6-9-7(11)5-8(10-6)13-4-3-12-2/h5H,3-4H2,1-2H3,(H,9,10,11). The van der Waals surface area contributed by atoms with Crippen molar-refractivity contribution in [1.29, 1.82) is 0 Å². The molecule has 0 spiro atoms. The van der Waals surface area contributed by atoms with Crippen LogP contribution >= 0.6 is 0 Å². The summed E-state index contributed by atoms with van der Waals surface area (Å²) in [6, 6.07) is 1.31. The number of nitrogens with zero attached hydrogens (tertiary/aromatic N) is 1. The molecule has 13 heavy (non-hydrogen) atoms. The minimum atomic E-state index is -0.208. The summed E-state index contributed by atoms with van der Waals surface area (Å²) >= 11 is 0. The second kappa shape index (κ2) is 4.61. The lowest BCUT2D eigenvalue weighted by molar-refractivity contribution is 0.143. The van der Waals surface area contributed by atoms with Crippen molar-refractivity contribution in [2.24, 2.45) is 0 Å². The second-order valence-corrected chi connectivity index (χ2v) is 2.51. The summed E-state index contributed by atoms with van der Waals surface area (Å²) in [5.74, 6) is 0.873. The smallest absolute Gasteiger partial charge is 0.254 e. The van der Waals surface area contributed by atoms with E-state index in [1.807, 2.05) is 0 Å². The van der Waals surface area contributed by atoms with E-state index in [2.05, 4.69) is 9.97 Å². The molecular weight excluding hydrogens is 172 g/mol. The van der Waals surface area contributed by atoms with E-state index >= 15 is 0 Å². The van der Waals surface area contributed by atoms with E-state index < -0.39 is 0 Å². The monoisotopic (exact) mass is 184 g/mol. The van der Waals surface area contributed by atoms with Crippen molar-refractivity contribution in [3.63, 3.8) is 0 Å². The summed E-state index contributed by atoms with van der Waals surface area (Å²) in [5, 5.41) is 0. The highest BCUT2D eigenvalue weighted by Crippen LogP contribution is 2.00. The Morgan fingerprint density at radius 3 is 2.92 bits per heavy atom.